The van der Waals surface area contributed by atoms with E-state index in [9.17, 15) is 24.0 Å². The lowest BCUT2D eigenvalue weighted by molar-refractivity contribution is -0.140. The maximum atomic E-state index is 12.8. The molecule has 0 atom stereocenters. The summed E-state index contributed by atoms with van der Waals surface area (Å²) in [5.74, 6) is -0.748. The van der Waals surface area contributed by atoms with Crippen molar-refractivity contribution in [1.82, 2.24) is 25.6 Å². The number of hydrogen-bond acceptors (Lipinski definition) is 15. The second-order valence-electron chi connectivity index (χ2n) is 18.5. The van der Waals surface area contributed by atoms with Crippen molar-refractivity contribution in [2.75, 3.05) is 0 Å². The molecule has 2 amide bonds. The van der Waals surface area contributed by atoms with Gasteiger partial charge in [0.15, 0.2) is 30.7 Å². The lowest BCUT2D eigenvalue weighted by Gasteiger charge is -2.19. The zero-order valence-electron chi connectivity index (χ0n) is 36.6. The van der Waals surface area contributed by atoms with Crippen molar-refractivity contribution in [2.45, 2.75) is 136 Å². The van der Waals surface area contributed by atoms with Crippen molar-refractivity contribution in [3.8, 4) is 0 Å². The summed E-state index contributed by atoms with van der Waals surface area (Å²) < 4.78 is 25.0. The van der Waals surface area contributed by atoms with E-state index in [-0.39, 0.29) is 41.1 Å². The number of alkyl carbamates (subject to hydrolysis) is 2. The highest BCUT2D eigenvalue weighted by Crippen LogP contribution is 2.54. The number of carboxylic acids is 1. The molecule has 18 nitrogen and oxygen atoms in total. The fourth-order valence-electron chi connectivity index (χ4n) is 7.55. The molecule has 6 saturated carbocycles. The van der Waals surface area contributed by atoms with Gasteiger partial charge in [0.1, 0.15) is 43.1 Å². The Kier molecular flexibility index (Phi) is 13.0. The van der Waals surface area contributed by atoms with Gasteiger partial charge >= 0.3 is 18.2 Å². The third-order valence-electron chi connectivity index (χ3n) is 13.3. The van der Waals surface area contributed by atoms with Crippen molar-refractivity contribution in [2.24, 2.45) is 11.5 Å². The molecule has 11 rings (SSSR count). The Balaban J connectivity index is 0.000000126. The number of carboxylic acid groups (broad SMARTS) is 1. The zero-order valence-corrected chi connectivity index (χ0v) is 36.6. The third kappa shape index (κ3) is 11.4. The summed E-state index contributed by atoms with van der Waals surface area (Å²) in [6.45, 7) is 0.336. The zero-order chi connectivity index (χ0) is 46.5. The number of nitrogens with zero attached hydrogens (tertiary/aromatic N) is 3. The standard InChI is InChI=1S/C19H20N2O4.C12H13NO4.C11H14N2O2.C6H8N2O/c22-16(10-18(6-7-18)15-12-24-13-20-15)19(8-9-19)21-17(23)25-11-14-4-2-1-3-5-14;14-10(15)12(6-7-12)13-11(16)17-8-9-4-2-1-3-5-9;12-11(3-4-11)9(14)5-10(1-2-10)8-6-15-7-13-8;7-6(1-2-6)5-3-9-4-8-5/h1-5,12-13H,6-11H2,(H,21,23);1-5H,6-8H2,(H,13,16)(H,14,15);6-7H,1-5,12H2;3-4H,1-2,7H2. The molecule has 6 fully saturated rings. The lowest BCUT2D eigenvalue weighted by Crippen LogP contribution is -2.44. The van der Waals surface area contributed by atoms with Crippen LogP contribution in [0.25, 0.3) is 0 Å². The minimum atomic E-state index is -1.09. The van der Waals surface area contributed by atoms with Crippen molar-refractivity contribution in [3.63, 3.8) is 0 Å². The first-order valence-corrected chi connectivity index (χ1v) is 22.2. The number of aromatic nitrogens is 3. The quantitative estimate of drug-likeness (QED) is 0.0713. The van der Waals surface area contributed by atoms with Crippen LogP contribution >= 0.6 is 0 Å². The number of oxazole rings is 3. The number of benzene rings is 2. The van der Waals surface area contributed by atoms with Crippen LogP contribution in [0.5, 0.6) is 0 Å². The van der Waals surface area contributed by atoms with E-state index in [1.807, 2.05) is 60.7 Å². The fraction of sp³-hybridized carbons (Fsp3) is 0.458. The minimum absolute atomic E-state index is 0.0426. The van der Waals surface area contributed by atoms with Gasteiger partial charge in [-0.05, 0) is 88.2 Å². The maximum absolute atomic E-state index is 12.8. The summed E-state index contributed by atoms with van der Waals surface area (Å²) in [5, 5.41) is 14.0. The number of carbonyl (C=O) groups is 5. The van der Waals surface area contributed by atoms with E-state index >= 15 is 0 Å². The number of aliphatic carboxylic acids is 1. The summed E-state index contributed by atoms with van der Waals surface area (Å²) >= 11 is 0. The highest BCUT2D eigenvalue weighted by atomic mass is 16.6. The average molecular weight is 906 g/mol. The molecule has 0 radical (unpaired) electrons. The SMILES string of the molecule is NC1(C(=O)CC2(c3cocn3)CC2)CC1.NC1(c2cocn2)CC1.O=C(NC1(C(=O)CC2(c3cocn3)CC2)CC1)OCc1ccccc1.O=C(NC1(C(=O)O)CC1)OCc1ccccc1. The number of amides is 2. The van der Waals surface area contributed by atoms with E-state index in [1.165, 1.54) is 19.2 Å². The molecule has 2 aromatic carbocycles. The van der Waals surface area contributed by atoms with Crippen LogP contribution < -0.4 is 22.1 Å². The van der Waals surface area contributed by atoms with Gasteiger partial charge in [-0.3, -0.25) is 9.59 Å². The predicted molar refractivity (Wildman–Crippen MR) is 233 cm³/mol. The van der Waals surface area contributed by atoms with Crippen LogP contribution in [0.4, 0.5) is 9.59 Å². The molecule has 348 valence electrons. The Morgan fingerprint density at radius 3 is 1.30 bits per heavy atom. The highest BCUT2D eigenvalue weighted by molar-refractivity contribution is 5.95. The largest absolute Gasteiger partial charge is 0.480 e. The number of ketones is 2. The van der Waals surface area contributed by atoms with Gasteiger partial charge in [0.2, 0.25) is 0 Å². The summed E-state index contributed by atoms with van der Waals surface area (Å²) in [5.41, 5.74) is 13.4. The van der Waals surface area contributed by atoms with Gasteiger partial charge in [-0.25, -0.2) is 29.3 Å². The van der Waals surface area contributed by atoms with Crippen LogP contribution in [0.15, 0.2) is 112 Å². The van der Waals surface area contributed by atoms with E-state index in [0.717, 1.165) is 79.6 Å². The Morgan fingerprint density at radius 2 is 0.955 bits per heavy atom. The minimum Gasteiger partial charge on any atom is -0.480 e. The van der Waals surface area contributed by atoms with Gasteiger partial charge in [-0.15, -0.1) is 0 Å². The first-order chi connectivity index (χ1) is 31.7. The first kappa shape index (κ1) is 45.9. The Hall–Kier alpha value is -6.66. The number of carbonyl (C=O) groups excluding carboxylic acids is 4. The number of ether oxygens (including phenoxy) is 2. The van der Waals surface area contributed by atoms with E-state index in [4.69, 9.17) is 39.3 Å². The predicted octanol–water partition coefficient (Wildman–Crippen LogP) is 6.43. The molecule has 0 unspecified atom stereocenters. The smallest absolute Gasteiger partial charge is 0.408 e. The van der Waals surface area contributed by atoms with Crippen LogP contribution in [-0.2, 0) is 53.4 Å². The second-order valence-corrected chi connectivity index (χ2v) is 18.5. The normalized spacial score (nSPS) is 20.0. The van der Waals surface area contributed by atoms with Crippen LogP contribution in [0.1, 0.15) is 118 Å². The molecule has 5 aromatic rings. The van der Waals surface area contributed by atoms with Crippen molar-refractivity contribution >= 4 is 29.7 Å². The van der Waals surface area contributed by atoms with E-state index in [0.29, 0.717) is 38.5 Å². The summed E-state index contributed by atoms with van der Waals surface area (Å²) in [7, 11) is 0. The molecule has 0 saturated heterocycles. The van der Waals surface area contributed by atoms with E-state index in [1.54, 1.807) is 18.8 Å². The summed E-state index contributed by atoms with van der Waals surface area (Å²) in [4.78, 5) is 71.2. The molecule has 6 aliphatic rings. The molecule has 3 aromatic heterocycles. The van der Waals surface area contributed by atoms with Gasteiger partial charge in [0.05, 0.1) is 28.2 Å². The fourth-order valence-corrected chi connectivity index (χ4v) is 7.55. The topological polar surface area (TPSA) is 278 Å². The molecule has 0 bridgehead atoms. The molecule has 66 heavy (non-hydrogen) atoms. The van der Waals surface area contributed by atoms with Crippen LogP contribution in [0, 0.1) is 0 Å². The van der Waals surface area contributed by atoms with Crippen molar-refractivity contribution in [3.05, 3.63) is 127 Å². The first-order valence-electron chi connectivity index (χ1n) is 22.2. The number of rotatable bonds is 16. The van der Waals surface area contributed by atoms with E-state index in [2.05, 4.69) is 25.6 Å². The number of nitrogens with two attached hydrogens (primary N) is 2. The monoisotopic (exact) mass is 905 g/mol. The average Bonchev–Trinajstić information content (AvgIpc) is 3.95. The molecule has 0 aliphatic heterocycles. The molecular weight excluding hydrogens is 851 g/mol. The molecular formula is C48H55N7O11. The second kappa shape index (κ2) is 18.7. The summed E-state index contributed by atoms with van der Waals surface area (Å²) in [6, 6.07) is 18.7. The molecule has 6 aliphatic carbocycles. The Morgan fingerprint density at radius 1 is 0.545 bits per heavy atom. The van der Waals surface area contributed by atoms with Gasteiger partial charge < -0.3 is 49.9 Å². The molecule has 3 heterocycles. The van der Waals surface area contributed by atoms with Gasteiger partial charge in [-0.1, -0.05) is 60.7 Å². The van der Waals surface area contributed by atoms with Crippen LogP contribution in [0.3, 0.4) is 0 Å². The van der Waals surface area contributed by atoms with Crippen molar-refractivity contribution < 1.29 is 51.8 Å². The maximum Gasteiger partial charge on any atom is 0.408 e. The van der Waals surface area contributed by atoms with Crippen molar-refractivity contribution in [1.29, 1.82) is 0 Å². The molecule has 18 heteroatoms. The van der Waals surface area contributed by atoms with Crippen LogP contribution in [-0.4, -0.2) is 66.4 Å². The Bertz CT molecular complexity index is 2440. The van der Waals surface area contributed by atoms with Crippen LogP contribution in [0.2, 0.25) is 0 Å². The van der Waals surface area contributed by atoms with Gasteiger partial charge in [0, 0.05) is 23.7 Å². The lowest BCUT2D eigenvalue weighted by atomic mass is 9.92. The highest BCUT2D eigenvalue weighted by Gasteiger charge is 2.57. The molecule has 7 N–H and O–H groups in total. The number of Topliss-reactive ketones (excluding diaryl/α,β-unsaturated/α-hetero) is 2. The van der Waals surface area contributed by atoms with Gasteiger partial charge in [-0.2, -0.15) is 0 Å². The van der Waals surface area contributed by atoms with Gasteiger partial charge in [0.25, 0.3) is 0 Å². The number of hydrogen-bond donors (Lipinski definition) is 5. The third-order valence-corrected chi connectivity index (χ3v) is 13.3. The summed E-state index contributed by atoms with van der Waals surface area (Å²) in [6.07, 6.45) is 18.8. The number of nitrogens with one attached hydrogen (secondary N) is 2. The molecule has 0 spiro atoms. The Labute approximate surface area is 380 Å². The van der Waals surface area contributed by atoms with E-state index < -0.39 is 34.8 Å².